The van der Waals surface area contributed by atoms with E-state index in [2.05, 4.69) is 24.3 Å². The fraction of sp³-hybridized carbons (Fsp3) is 0.538. The van der Waals surface area contributed by atoms with Crippen LogP contribution in [0.15, 0.2) is 24.3 Å². The first-order chi connectivity index (χ1) is 6.57. The third-order valence-electron chi connectivity index (χ3n) is 3.23. The molecule has 0 bridgehead atoms. The highest BCUT2D eigenvalue weighted by atomic mass is 14.7. The molecule has 1 aromatic rings. The summed E-state index contributed by atoms with van der Waals surface area (Å²) in [4.78, 5) is 0. The molecule has 0 heterocycles. The fourth-order valence-electron chi connectivity index (χ4n) is 1.93. The van der Waals surface area contributed by atoms with E-state index in [4.69, 9.17) is 5.73 Å². The molecule has 1 heteroatoms. The van der Waals surface area contributed by atoms with E-state index in [9.17, 15) is 0 Å². The molecule has 0 aliphatic heterocycles. The van der Waals surface area contributed by atoms with Crippen LogP contribution in [0.2, 0.25) is 0 Å². The van der Waals surface area contributed by atoms with Crippen molar-refractivity contribution in [2.75, 3.05) is 0 Å². The highest BCUT2D eigenvalue weighted by molar-refractivity contribution is 5.29. The van der Waals surface area contributed by atoms with Crippen molar-refractivity contribution in [2.24, 2.45) is 5.73 Å². The van der Waals surface area contributed by atoms with Gasteiger partial charge in [0, 0.05) is 5.54 Å². The van der Waals surface area contributed by atoms with E-state index in [0.29, 0.717) is 0 Å². The van der Waals surface area contributed by atoms with Gasteiger partial charge in [-0.05, 0) is 43.7 Å². The van der Waals surface area contributed by atoms with Crippen molar-refractivity contribution >= 4 is 0 Å². The Bertz CT molecular complexity index is 301. The van der Waals surface area contributed by atoms with Gasteiger partial charge < -0.3 is 5.73 Å². The van der Waals surface area contributed by atoms with Gasteiger partial charge in [-0.2, -0.15) is 0 Å². The molecule has 1 fully saturated rings. The van der Waals surface area contributed by atoms with Crippen molar-refractivity contribution in [1.82, 2.24) is 0 Å². The highest BCUT2D eigenvalue weighted by Gasteiger charge is 2.20. The van der Waals surface area contributed by atoms with Crippen molar-refractivity contribution in [3.05, 3.63) is 35.4 Å². The van der Waals surface area contributed by atoms with Crippen molar-refractivity contribution in [3.63, 3.8) is 0 Å². The summed E-state index contributed by atoms with van der Waals surface area (Å²) in [5.74, 6) is 0.824. The summed E-state index contributed by atoms with van der Waals surface area (Å²) >= 11 is 0. The fourth-order valence-corrected chi connectivity index (χ4v) is 1.93. The molecule has 0 atom stereocenters. The average molecular weight is 189 g/mol. The minimum Gasteiger partial charge on any atom is -0.322 e. The topological polar surface area (TPSA) is 26.0 Å². The Morgan fingerprint density at radius 3 is 2.07 bits per heavy atom. The second-order valence-electron chi connectivity index (χ2n) is 4.97. The van der Waals surface area contributed by atoms with Gasteiger partial charge in [0.2, 0.25) is 0 Å². The van der Waals surface area contributed by atoms with Crippen LogP contribution in [-0.2, 0) is 5.54 Å². The SMILES string of the molecule is CC(C)(N)c1ccc(C2CCC2)cc1. The summed E-state index contributed by atoms with van der Waals surface area (Å²) in [5, 5.41) is 0. The summed E-state index contributed by atoms with van der Waals surface area (Å²) in [6.07, 6.45) is 4.13. The molecule has 0 radical (unpaired) electrons. The third kappa shape index (κ3) is 1.83. The largest absolute Gasteiger partial charge is 0.322 e. The average Bonchev–Trinajstić information content (AvgIpc) is 2.00. The molecule has 0 amide bonds. The standard InChI is InChI=1S/C13H19N/c1-13(2,14)12-8-6-11(7-9-12)10-4-3-5-10/h6-10H,3-5,14H2,1-2H3. The van der Waals surface area contributed by atoms with E-state index in [1.165, 1.54) is 30.4 Å². The molecule has 14 heavy (non-hydrogen) atoms. The Labute approximate surface area is 86.3 Å². The normalized spacial score (nSPS) is 17.9. The van der Waals surface area contributed by atoms with Crippen molar-refractivity contribution in [1.29, 1.82) is 0 Å². The lowest BCUT2D eigenvalue weighted by atomic mass is 9.79. The van der Waals surface area contributed by atoms with Crippen molar-refractivity contribution in [2.45, 2.75) is 44.6 Å². The predicted octanol–water partition coefficient (Wildman–Crippen LogP) is 3.15. The zero-order valence-electron chi connectivity index (χ0n) is 9.09. The quantitative estimate of drug-likeness (QED) is 0.760. The molecule has 0 unspecified atom stereocenters. The zero-order valence-corrected chi connectivity index (χ0v) is 9.09. The van der Waals surface area contributed by atoms with Gasteiger partial charge in [0.15, 0.2) is 0 Å². The molecule has 1 saturated carbocycles. The number of nitrogens with two attached hydrogens (primary N) is 1. The Morgan fingerprint density at radius 1 is 1.14 bits per heavy atom. The monoisotopic (exact) mass is 189 g/mol. The van der Waals surface area contributed by atoms with Crippen molar-refractivity contribution < 1.29 is 0 Å². The number of benzene rings is 1. The first-order valence-corrected chi connectivity index (χ1v) is 5.47. The summed E-state index contributed by atoms with van der Waals surface area (Å²) in [7, 11) is 0. The van der Waals surface area contributed by atoms with E-state index < -0.39 is 0 Å². The molecule has 0 aromatic heterocycles. The van der Waals surface area contributed by atoms with Crippen LogP contribution in [0.3, 0.4) is 0 Å². The second-order valence-corrected chi connectivity index (χ2v) is 4.97. The first-order valence-electron chi connectivity index (χ1n) is 5.47. The molecule has 1 nitrogen and oxygen atoms in total. The lowest BCUT2D eigenvalue weighted by Gasteiger charge is -2.27. The number of rotatable bonds is 2. The van der Waals surface area contributed by atoms with Crippen LogP contribution in [0.5, 0.6) is 0 Å². The molecule has 2 rings (SSSR count). The molecular weight excluding hydrogens is 170 g/mol. The van der Waals surface area contributed by atoms with Crippen LogP contribution in [0.25, 0.3) is 0 Å². The molecule has 0 saturated heterocycles. The Kier molecular flexibility index (Phi) is 2.36. The summed E-state index contributed by atoms with van der Waals surface area (Å²) in [5.41, 5.74) is 8.53. The number of hydrogen-bond donors (Lipinski definition) is 1. The van der Waals surface area contributed by atoms with Crippen LogP contribution in [0.4, 0.5) is 0 Å². The molecule has 1 aliphatic rings. The minimum atomic E-state index is -0.210. The van der Waals surface area contributed by atoms with Crippen LogP contribution < -0.4 is 5.73 Å². The lowest BCUT2D eigenvalue weighted by Crippen LogP contribution is -2.28. The van der Waals surface area contributed by atoms with Crippen LogP contribution in [0, 0.1) is 0 Å². The van der Waals surface area contributed by atoms with E-state index in [1.807, 2.05) is 13.8 Å². The molecule has 0 spiro atoms. The summed E-state index contributed by atoms with van der Waals surface area (Å²) in [6.45, 7) is 4.09. The van der Waals surface area contributed by atoms with Gasteiger partial charge in [0.05, 0.1) is 0 Å². The molecular formula is C13H19N. The van der Waals surface area contributed by atoms with E-state index >= 15 is 0 Å². The van der Waals surface area contributed by atoms with Gasteiger partial charge in [-0.25, -0.2) is 0 Å². The van der Waals surface area contributed by atoms with Gasteiger partial charge in [-0.15, -0.1) is 0 Å². The van der Waals surface area contributed by atoms with Crippen LogP contribution in [0.1, 0.15) is 50.2 Å². The van der Waals surface area contributed by atoms with Gasteiger partial charge in [-0.3, -0.25) is 0 Å². The molecule has 1 aromatic carbocycles. The lowest BCUT2D eigenvalue weighted by molar-refractivity contribution is 0.419. The van der Waals surface area contributed by atoms with Crippen molar-refractivity contribution in [3.8, 4) is 0 Å². The third-order valence-corrected chi connectivity index (χ3v) is 3.23. The van der Waals surface area contributed by atoms with Gasteiger partial charge in [-0.1, -0.05) is 30.7 Å². The van der Waals surface area contributed by atoms with Gasteiger partial charge in [0.1, 0.15) is 0 Å². The molecule has 76 valence electrons. The van der Waals surface area contributed by atoms with E-state index in [0.717, 1.165) is 5.92 Å². The molecule has 1 aliphatic carbocycles. The predicted molar refractivity (Wildman–Crippen MR) is 60.2 cm³/mol. The van der Waals surface area contributed by atoms with Gasteiger partial charge >= 0.3 is 0 Å². The molecule has 2 N–H and O–H groups in total. The maximum Gasteiger partial charge on any atom is 0.0352 e. The van der Waals surface area contributed by atoms with E-state index in [-0.39, 0.29) is 5.54 Å². The Hall–Kier alpha value is -0.820. The minimum absolute atomic E-state index is 0.210. The van der Waals surface area contributed by atoms with Crippen LogP contribution >= 0.6 is 0 Å². The summed E-state index contributed by atoms with van der Waals surface area (Å²) in [6, 6.07) is 8.84. The zero-order chi connectivity index (χ0) is 10.2. The Morgan fingerprint density at radius 2 is 1.71 bits per heavy atom. The summed E-state index contributed by atoms with van der Waals surface area (Å²) < 4.78 is 0. The maximum atomic E-state index is 6.03. The van der Waals surface area contributed by atoms with Gasteiger partial charge in [0.25, 0.3) is 0 Å². The first kappa shape index (κ1) is 9.72. The van der Waals surface area contributed by atoms with E-state index in [1.54, 1.807) is 0 Å². The van der Waals surface area contributed by atoms with Crippen LogP contribution in [-0.4, -0.2) is 0 Å². The number of hydrogen-bond acceptors (Lipinski definition) is 1. The maximum absolute atomic E-state index is 6.03. The Balaban J connectivity index is 2.17. The highest BCUT2D eigenvalue weighted by Crippen LogP contribution is 2.36. The second kappa shape index (κ2) is 3.39. The smallest absolute Gasteiger partial charge is 0.0352 e.